The predicted molar refractivity (Wildman–Crippen MR) is 68.0 cm³/mol. The van der Waals surface area contributed by atoms with Crippen LogP contribution in [0.4, 0.5) is 0 Å². The molecule has 0 saturated carbocycles. The monoisotopic (exact) mass is 273 g/mol. The van der Waals surface area contributed by atoms with Crippen LogP contribution < -0.4 is 5.32 Å². The van der Waals surface area contributed by atoms with E-state index in [0.717, 1.165) is 0 Å². The molecule has 6 heteroatoms. The molecule has 1 atom stereocenters. The molecule has 0 aliphatic rings. The fraction of sp³-hybridized carbons (Fsp3) is 0.417. The highest BCUT2D eigenvalue weighted by Crippen LogP contribution is 2.27. The maximum absolute atomic E-state index is 11.2. The summed E-state index contributed by atoms with van der Waals surface area (Å²) < 4.78 is 4.87. The van der Waals surface area contributed by atoms with Crippen molar-refractivity contribution in [1.29, 1.82) is 0 Å². The van der Waals surface area contributed by atoms with Gasteiger partial charge in [0.1, 0.15) is 11.8 Å². The number of carbonyl (C=O) groups is 1. The highest BCUT2D eigenvalue weighted by molar-refractivity contribution is 6.30. The third kappa shape index (κ3) is 4.18. The minimum Gasteiger partial charge on any atom is -0.508 e. The Morgan fingerprint density at radius 1 is 1.56 bits per heavy atom. The molecule has 0 fully saturated rings. The molecule has 0 aliphatic carbocycles. The minimum atomic E-state index is -1.06. The number of nitrogens with one attached hydrogen (secondary N) is 1. The van der Waals surface area contributed by atoms with Crippen LogP contribution in [0.15, 0.2) is 18.2 Å². The van der Waals surface area contributed by atoms with Crippen LogP contribution in [0.5, 0.6) is 5.75 Å². The topological polar surface area (TPSA) is 78.8 Å². The van der Waals surface area contributed by atoms with Crippen LogP contribution >= 0.6 is 11.6 Å². The third-order valence-electron chi connectivity index (χ3n) is 2.42. The Morgan fingerprint density at radius 2 is 2.28 bits per heavy atom. The number of ether oxygens (including phenoxy) is 1. The van der Waals surface area contributed by atoms with Crippen molar-refractivity contribution in [2.75, 3.05) is 20.3 Å². The van der Waals surface area contributed by atoms with E-state index in [1.807, 2.05) is 0 Å². The Balaban J connectivity index is 2.77. The SMILES string of the molecule is COCCCNC(C(=O)O)c1cc(Cl)ccc1O. The lowest BCUT2D eigenvalue weighted by Crippen LogP contribution is -2.29. The fourth-order valence-corrected chi connectivity index (χ4v) is 1.73. The van der Waals surface area contributed by atoms with Gasteiger partial charge in [-0.25, -0.2) is 0 Å². The fourth-order valence-electron chi connectivity index (χ4n) is 1.55. The molecule has 0 heterocycles. The predicted octanol–water partition coefficient (Wildman–Crippen LogP) is 1.80. The Hall–Kier alpha value is -1.30. The maximum Gasteiger partial charge on any atom is 0.325 e. The molecule has 0 saturated heterocycles. The van der Waals surface area contributed by atoms with Gasteiger partial charge in [-0.05, 0) is 31.2 Å². The largest absolute Gasteiger partial charge is 0.508 e. The second-order valence-corrected chi connectivity index (χ2v) is 4.21. The lowest BCUT2D eigenvalue weighted by molar-refractivity contribution is -0.139. The maximum atomic E-state index is 11.2. The van der Waals surface area contributed by atoms with Crippen molar-refractivity contribution in [2.24, 2.45) is 0 Å². The summed E-state index contributed by atoms with van der Waals surface area (Å²) in [6.45, 7) is 1.01. The highest BCUT2D eigenvalue weighted by Gasteiger charge is 2.22. The molecule has 0 radical (unpaired) electrons. The number of benzene rings is 1. The van der Waals surface area contributed by atoms with Gasteiger partial charge in [-0.3, -0.25) is 4.79 Å². The van der Waals surface area contributed by atoms with Gasteiger partial charge in [-0.1, -0.05) is 11.6 Å². The van der Waals surface area contributed by atoms with Crippen LogP contribution in [-0.4, -0.2) is 36.4 Å². The van der Waals surface area contributed by atoms with Crippen molar-refractivity contribution in [3.8, 4) is 5.75 Å². The summed E-state index contributed by atoms with van der Waals surface area (Å²) >= 11 is 5.80. The smallest absolute Gasteiger partial charge is 0.325 e. The number of aromatic hydroxyl groups is 1. The van der Waals surface area contributed by atoms with E-state index >= 15 is 0 Å². The number of rotatable bonds is 7. The zero-order valence-corrected chi connectivity index (χ0v) is 10.8. The first-order valence-corrected chi connectivity index (χ1v) is 5.87. The van der Waals surface area contributed by atoms with E-state index in [2.05, 4.69) is 5.32 Å². The number of carboxylic acid groups (broad SMARTS) is 1. The van der Waals surface area contributed by atoms with Gasteiger partial charge in [0.05, 0.1) is 0 Å². The molecule has 3 N–H and O–H groups in total. The summed E-state index contributed by atoms with van der Waals surface area (Å²) in [5.41, 5.74) is 0.257. The van der Waals surface area contributed by atoms with E-state index in [9.17, 15) is 9.90 Å². The number of halogens is 1. The number of methoxy groups -OCH3 is 1. The molecule has 1 aromatic carbocycles. The number of aliphatic carboxylic acids is 1. The van der Waals surface area contributed by atoms with E-state index < -0.39 is 12.0 Å². The highest BCUT2D eigenvalue weighted by atomic mass is 35.5. The summed E-state index contributed by atoms with van der Waals surface area (Å²) in [5.74, 6) is -1.16. The van der Waals surface area contributed by atoms with Gasteiger partial charge in [0.15, 0.2) is 0 Å². The summed E-state index contributed by atoms with van der Waals surface area (Å²) in [4.78, 5) is 11.2. The summed E-state index contributed by atoms with van der Waals surface area (Å²) in [5, 5.41) is 22.0. The average molecular weight is 274 g/mol. The lowest BCUT2D eigenvalue weighted by Gasteiger charge is -2.16. The standard InChI is InChI=1S/C12H16ClNO4/c1-18-6-2-5-14-11(12(16)17)9-7-8(13)3-4-10(9)15/h3-4,7,11,14-15H,2,5-6H2,1H3,(H,16,17). The first-order chi connectivity index (χ1) is 8.56. The molecule has 0 amide bonds. The van der Waals surface area contributed by atoms with Crippen LogP contribution in [0.25, 0.3) is 0 Å². The van der Waals surface area contributed by atoms with Crippen molar-refractivity contribution in [3.05, 3.63) is 28.8 Å². The molecule has 18 heavy (non-hydrogen) atoms. The van der Waals surface area contributed by atoms with Crippen molar-refractivity contribution >= 4 is 17.6 Å². The second-order valence-electron chi connectivity index (χ2n) is 3.77. The summed E-state index contributed by atoms with van der Waals surface area (Å²) in [6, 6.07) is 3.34. The van der Waals surface area contributed by atoms with Gasteiger partial charge < -0.3 is 20.3 Å². The average Bonchev–Trinajstić information content (AvgIpc) is 2.32. The zero-order chi connectivity index (χ0) is 13.5. The first kappa shape index (κ1) is 14.8. The van der Waals surface area contributed by atoms with E-state index in [-0.39, 0.29) is 11.3 Å². The molecule has 0 spiro atoms. The minimum absolute atomic E-state index is 0.0916. The van der Waals surface area contributed by atoms with Crippen molar-refractivity contribution in [1.82, 2.24) is 5.32 Å². The number of carboxylic acids is 1. The van der Waals surface area contributed by atoms with Crippen molar-refractivity contribution < 1.29 is 19.7 Å². The van der Waals surface area contributed by atoms with Crippen molar-refractivity contribution in [3.63, 3.8) is 0 Å². The molecule has 1 unspecified atom stereocenters. The number of phenols is 1. The molecule has 5 nitrogen and oxygen atoms in total. The van der Waals surface area contributed by atoms with Gasteiger partial charge in [-0.2, -0.15) is 0 Å². The van der Waals surface area contributed by atoms with E-state index in [1.165, 1.54) is 18.2 Å². The van der Waals surface area contributed by atoms with Crippen LogP contribution in [0.1, 0.15) is 18.0 Å². The first-order valence-electron chi connectivity index (χ1n) is 5.49. The Morgan fingerprint density at radius 3 is 2.89 bits per heavy atom. The molecule has 100 valence electrons. The number of hydrogen-bond acceptors (Lipinski definition) is 4. The molecule has 0 aliphatic heterocycles. The van der Waals surface area contributed by atoms with Gasteiger partial charge >= 0.3 is 5.97 Å². The lowest BCUT2D eigenvalue weighted by atomic mass is 10.1. The number of hydrogen-bond donors (Lipinski definition) is 3. The Kier molecular flexibility index (Phi) is 5.91. The molecule has 1 rings (SSSR count). The van der Waals surface area contributed by atoms with Gasteiger partial charge in [-0.15, -0.1) is 0 Å². The number of phenolic OH excluding ortho intramolecular Hbond substituents is 1. The van der Waals surface area contributed by atoms with E-state index in [4.69, 9.17) is 21.4 Å². The van der Waals surface area contributed by atoms with Crippen LogP contribution in [0.2, 0.25) is 5.02 Å². The van der Waals surface area contributed by atoms with Gasteiger partial charge in [0.25, 0.3) is 0 Å². The molecule has 0 aromatic heterocycles. The third-order valence-corrected chi connectivity index (χ3v) is 2.66. The summed E-state index contributed by atoms with van der Waals surface area (Å²) in [7, 11) is 1.58. The Bertz CT molecular complexity index is 411. The summed E-state index contributed by atoms with van der Waals surface area (Å²) in [6.07, 6.45) is 0.682. The van der Waals surface area contributed by atoms with Crippen molar-refractivity contribution in [2.45, 2.75) is 12.5 Å². The molecular weight excluding hydrogens is 258 g/mol. The Labute approximate surface area is 110 Å². The molecule has 0 bridgehead atoms. The van der Waals surface area contributed by atoms with Gasteiger partial charge in [0, 0.05) is 24.3 Å². The normalized spacial score (nSPS) is 12.3. The quantitative estimate of drug-likeness (QED) is 0.660. The molecular formula is C12H16ClNO4. The molecule has 1 aromatic rings. The second kappa shape index (κ2) is 7.20. The van der Waals surface area contributed by atoms with Crippen LogP contribution in [0, 0.1) is 0 Å². The van der Waals surface area contributed by atoms with Gasteiger partial charge in [0.2, 0.25) is 0 Å². The van der Waals surface area contributed by atoms with Crippen LogP contribution in [0.3, 0.4) is 0 Å². The van der Waals surface area contributed by atoms with Crippen LogP contribution in [-0.2, 0) is 9.53 Å². The van der Waals surface area contributed by atoms with E-state index in [0.29, 0.717) is 24.6 Å². The van der Waals surface area contributed by atoms with E-state index in [1.54, 1.807) is 7.11 Å². The zero-order valence-electron chi connectivity index (χ0n) is 10.0.